The van der Waals surface area contributed by atoms with Crippen molar-refractivity contribution in [2.24, 2.45) is 5.73 Å². The van der Waals surface area contributed by atoms with Gasteiger partial charge in [-0.3, -0.25) is 9.78 Å². The molecule has 0 bridgehead atoms. The van der Waals surface area contributed by atoms with Crippen molar-refractivity contribution < 1.29 is 4.79 Å². The number of hydrogen-bond acceptors (Lipinski definition) is 3. The number of carbonyl (C=O) groups excluding carboxylic acids is 1. The molecule has 0 unspecified atom stereocenters. The van der Waals surface area contributed by atoms with Crippen LogP contribution >= 0.6 is 0 Å². The van der Waals surface area contributed by atoms with E-state index >= 15 is 0 Å². The number of aromatic nitrogens is 1. The highest BCUT2D eigenvalue weighted by molar-refractivity contribution is 5.98. The van der Waals surface area contributed by atoms with Crippen molar-refractivity contribution in [2.45, 2.75) is 12.8 Å². The lowest BCUT2D eigenvalue weighted by Gasteiger charge is -2.07. The Kier molecular flexibility index (Phi) is 4.20. The third-order valence-electron chi connectivity index (χ3n) is 2.82. The zero-order valence-electron chi connectivity index (χ0n) is 10.2. The van der Waals surface area contributed by atoms with Gasteiger partial charge in [0.1, 0.15) is 0 Å². The fourth-order valence-electron chi connectivity index (χ4n) is 1.95. The van der Waals surface area contributed by atoms with E-state index in [1.54, 1.807) is 12.4 Å². The topological polar surface area (TPSA) is 56.0 Å². The van der Waals surface area contributed by atoms with Crippen LogP contribution in [-0.2, 0) is 12.8 Å². The number of ketones is 1. The summed E-state index contributed by atoms with van der Waals surface area (Å²) in [4.78, 5) is 16.3. The molecular weight excluding hydrogens is 224 g/mol. The van der Waals surface area contributed by atoms with Gasteiger partial charge in [0.2, 0.25) is 0 Å². The maximum Gasteiger partial charge on any atom is 0.167 e. The lowest BCUT2D eigenvalue weighted by atomic mass is 9.97. The van der Waals surface area contributed by atoms with Gasteiger partial charge in [-0.2, -0.15) is 0 Å². The Bertz CT molecular complexity index is 523. The van der Waals surface area contributed by atoms with E-state index in [1.165, 1.54) is 0 Å². The molecule has 0 saturated heterocycles. The summed E-state index contributed by atoms with van der Waals surface area (Å²) < 4.78 is 0. The van der Waals surface area contributed by atoms with Crippen LogP contribution in [0.1, 0.15) is 21.5 Å². The average molecular weight is 240 g/mol. The number of hydrogen-bond donors (Lipinski definition) is 1. The molecule has 0 fully saturated rings. The van der Waals surface area contributed by atoms with Gasteiger partial charge in [-0.15, -0.1) is 0 Å². The maximum absolute atomic E-state index is 12.2. The first-order valence-electron chi connectivity index (χ1n) is 6.01. The fourth-order valence-corrected chi connectivity index (χ4v) is 1.95. The van der Waals surface area contributed by atoms with Crippen LogP contribution in [0.2, 0.25) is 0 Å². The molecule has 2 N–H and O–H groups in total. The second-order valence-corrected chi connectivity index (χ2v) is 4.16. The molecular formula is C15H16N2O. The predicted molar refractivity (Wildman–Crippen MR) is 71.5 cm³/mol. The molecule has 2 aromatic rings. The first-order chi connectivity index (χ1) is 8.81. The van der Waals surface area contributed by atoms with Crippen LogP contribution in [0.3, 0.4) is 0 Å². The highest BCUT2D eigenvalue weighted by atomic mass is 16.1. The lowest BCUT2D eigenvalue weighted by Crippen LogP contribution is -2.10. The number of rotatable bonds is 5. The number of pyridine rings is 1. The van der Waals surface area contributed by atoms with Gasteiger partial charge < -0.3 is 5.73 Å². The molecule has 0 amide bonds. The van der Waals surface area contributed by atoms with Gasteiger partial charge in [0.05, 0.1) is 0 Å². The number of carbonyl (C=O) groups is 1. The Balaban J connectivity index is 2.19. The Labute approximate surface area is 107 Å². The number of Topliss-reactive ketones (excluding diaryl/α,β-unsaturated/α-hetero) is 1. The summed E-state index contributed by atoms with van der Waals surface area (Å²) in [6.45, 7) is 0.553. The molecule has 1 aromatic heterocycles. The monoisotopic (exact) mass is 240 g/mol. The summed E-state index contributed by atoms with van der Waals surface area (Å²) in [5, 5.41) is 0. The van der Waals surface area contributed by atoms with Gasteiger partial charge in [0.15, 0.2) is 5.78 Å². The van der Waals surface area contributed by atoms with Crippen LogP contribution in [-0.4, -0.2) is 17.3 Å². The van der Waals surface area contributed by atoms with E-state index in [1.807, 2.05) is 36.4 Å². The quantitative estimate of drug-likeness (QED) is 0.813. The molecule has 3 heteroatoms. The first-order valence-corrected chi connectivity index (χ1v) is 6.01. The molecule has 0 atom stereocenters. The summed E-state index contributed by atoms with van der Waals surface area (Å²) in [6.07, 6.45) is 4.55. The Morgan fingerprint density at radius 3 is 2.72 bits per heavy atom. The van der Waals surface area contributed by atoms with Gasteiger partial charge >= 0.3 is 0 Å². The minimum absolute atomic E-state index is 0.118. The van der Waals surface area contributed by atoms with E-state index in [-0.39, 0.29) is 5.78 Å². The normalized spacial score (nSPS) is 10.3. The smallest absolute Gasteiger partial charge is 0.167 e. The van der Waals surface area contributed by atoms with Crippen LogP contribution in [0.4, 0.5) is 0 Å². The molecule has 0 saturated carbocycles. The van der Waals surface area contributed by atoms with Gasteiger partial charge in [-0.1, -0.05) is 30.3 Å². The molecule has 0 radical (unpaired) electrons. The second-order valence-electron chi connectivity index (χ2n) is 4.16. The second kappa shape index (κ2) is 6.07. The van der Waals surface area contributed by atoms with Crippen molar-refractivity contribution in [3.05, 3.63) is 65.5 Å². The van der Waals surface area contributed by atoms with E-state index in [9.17, 15) is 4.79 Å². The summed E-state index contributed by atoms with van der Waals surface area (Å²) in [5.41, 5.74) is 8.29. The zero-order valence-corrected chi connectivity index (χ0v) is 10.2. The molecule has 1 heterocycles. The molecule has 0 aliphatic heterocycles. The Hall–Kier alpha value is -2.00. The molecule has 1 aromatic carbocycles. The Morgan fingerprint density at radius 2 is 2.00 bits per heavy atom. The van der Waals surface area contributed by atoms with Crippen LogP contribution in [0.5, 0.6) is 0 Å². The van der Waals surface area contributed by atoms with Crippen LogP contribution < -0.4 is 5.73 Å². The highest BCUT2D eigenvalue weighted by Gasteiger charge is 2.10. The van der Waals surface area contributed by atoms with Crippen LogP contribution in [0.15, 0.2) is 48.8 Å². The van der Waals surface area contributed by atoms with Gasteiger partial charge in [0.25, 0.3) is 0 Å². The van der Waals surface area contributed by atoms with E-state index in [4.69, 9.17) is 5.73 Å². The van der Waals surface area contributed by atoms with E-state index in [0.717, 1.165) is 23.1 Å². The molecule has 2 rings (SSSR count). The summed E-state index contributed by atoms with van der Waals surface area (Å²) in [5.74, 6) is 0.118. The summed E-state index contributed by atoms with van der Waals surface area (Å²) >= 11 is 0. The first kappa shape index (κ1) is 12.5. The molecule has 0 aliphatic rings. The van der Waals surface area contributed by atoms with E-state index in [0.29, 0.717) is 13.0 Å². The van der Waals surface area contributed by atoms with Crippen molar-refractivity contribution >= 4 is 5.78 Å². The fraction of sp³-hybridized carbons (Fsp3) is 0.200. The molecule has 18 heavy (non-hydrogen) atoms. The van der Waals surface area contributed by atoms with Crippen LogP contribution in [0.25, 0.3) is 0 Å². The van der Waals surface area contributed by atoms with Crippen molar-refractivity contribution in [1.29, 1.82) is 0 Å². The Morgan fingerprint density at radius 1 is 1.17 bits per heavy atom. The zero-order chi connectivity index (χ0) is 12.8. The van der Waals surface area contributed by atoms with E-state index in [2.05, 4.69) is 4.98 Å². The third-order valence-corrected chi connectivity index (χ3v) is 2.82. The van der Waals surface area contributed by atoms with Crippen molar-refractivity contribution in [3.8, 4) is 0 Å². The lowest BCUT2D eigenvalue weighted by molar-refractivity contribution is 0.0992. The van der Waals surface area contributed by atoms with Gasteiger partial charge in [0, 0.05) is 24.4 Å². The standard InChI is InChI=1S/C15H16N2O/c16-8-7-13-5-1-2-6-14(13)15(18)10-12-4-3-9-17-11-12/h1-6,9,11H,7-8,10,16H2. The van der Waals surface area contributed by atoms with Crippen molar-refractivity contribution in [3.63, 3.8) is 0 Å². The van der Waals surface area contributed by atoms with Crippen molar-refractivity contribution in [2.75, 3.05) is 6.54 Å². The van der Waals surface area contributed by atoms with Gasteiger partial charge in [-0.05, 0) is 30.2 Å². The van der Waals surface area contributed by atoms with Gasteiger partial charge in [-0.25, -0.2) is 0 Å². The number of nitrogens with two attached hydrogens (primary N) is 1. The van der Waals surface area contributed by atoms with Crippen molar-refractivity contribution in [1.82, 2.24) is 4.98 Å². The summed E-state index contributed by atoms with van der Waals surface area (Å²) in [7, 11) is 0. The minimum Gasteiger partial charge on any atom is -0.330 e. The maximum atomic E-state index is 12.2. The highest BCUT2D eigenvalue weighted by Crippen LogP contribution is 2.12. The predicted octanol–water partition coefficient (Wildman–Crippen LogP) is 2.01. The van der Waals surface area contributed by atoms with E-state index < -0.39 is 0 Å². The van der Waals surface area contributed by atoms with Crippen LogP contribution in [0, 0.1) is 0 Å². The molecule has 0 spiro atoms. The minimum atomic E-state index is 0.118. The molecule has 0 aliphatic carbocycles. The molecule has 92 valence electrons. The summed E-state index contributed by atoms with van der Waals surface area (Å²) in [6, 6.07) is 11.4. The average Bonchev–Trinajstić information content (AvgIpc) is 2.41. The number of benzene rings is 1. The largest absolute Gasteiger partial charge is 0.330 e. The number of nitrogens with zero attached hydrogens (tertiary/aromatic N) is 1. The third kappa shape index (κ3) is 3.02. The SMILES string of the molecule is NCCc1ccccc1C(=O)Cc1cccnc1. The molecule has 3 nitrogen and oxygen atoms in total.